The van der Waals surface area contributed by atoms with E-state index in [4.69, 9.17) is 0 Å². The number of hydrogen-bond donors (Lipinski definition) is 1. The Bertz CT molecular complexity index is 331. The van der Waals surface area contributed by atoms with Gasteiger partial charge in [0.2, 0.25) is 0 Å². The normalized spacial score (nSPS) is 51.6. The molecule has 0 spiro atoms. The molecule has 0 amide bonds. The van der Waals surface area contributed by atoms with E-state index in [9.17, 15) is 5.11 Å². The van der Waals surface area contributed by atoms with Gasteiger partial charge in [0, 0.05) is 13.1 Å². The van der Waals surface area contributed by atoms with E-state index in [1.54, 1.807) is 38.5 Å². The Balaban J connectivity index is 1.35. The van der Waals surface area contributed by atoms with Crippen molar-refractivity contribution in [3.63, 3.8) is 0 Å². The van der Waals surface area contributed by atoms with Crippen LogP contribution in [0.5, 0.6) is 0 Å². The van der Waals surface area contributed by atoms with Gasteiger partial charge in [-0.15, -0.1) is 0 Å². The minimum absolute atomic E-state index is 0.0502. The summed E-state index contributed by atoms with van der Waals surface area (Å²) in [5.74, 6) is 3.73. The third kappa shape index (κ3) is 2.43. The van der Waals surface area contributed by atoms with Gasteiger partial charge >= 0.3 is 0 Å². The summed E-state index contributed by atoms with van der Waals surface area (Å²) < 4.78 is 0. The highest BCUT2D eigenvalue weighted by Crippen LogP contribution is 2.61. The van der Waals surface area contributed by atoms with Crippen molar-refractivity contribution in [1.29, 1.82) is 0 Å². The summed E-state index contributed by atoms with van der Waals surface area (Å²) in [7, 11) is 0. The summed E-state index contributed by atoms with van der Waals surface area (Å²) in [6, 6.07) is 0. The molecular weight excluding hydrogens is 246 g/mol. The quantitative estimate of drug-likeness (QED) is 0.855. The molecule has 114 valence electrons. The standard InChI is InChI=1S/C18H31NO/c1-13-12-19(4-2-17(13)20)5-3-18-9-14-6-15(10-18)8-16(7-14)11-18/h13-17,20H,2-12H2,1H3. The molecule has 2 nitrogen and oxygen atoms in total. The lowest BCUT2D eigenvalue weighted by atomic mass is 9.49. The molecule has 5 fully saturated rings. The van der Waals surface area contributed by atoms with Gasteiger partial charge in [-0.25, -0.2) is 0 Å². The van der Waals surface area contributed by atoms with E-state index in [0.717, 1.165) is 42.7 Å². The van der Waals surface area contributed by atoms with Crippen LogP contribution in [0.4, 0.5) is 0 Å². The average molecular weight is 277 g/mol. The molecule has 5 rings (SSSR count). The zero-order chi connectivity index (χ0) is 13.7. The van der Waals surface area contributed by atoms with E-state index in [1.165, 1.54) is 13.0 Å². The minimum atomic E-state index is -0.0502. The van der Waals surface area contributed by atoms with Crippen molar-refractivity contribution in [2.75, 3.05) is 19.6 Å². The Kier molecular flexibility index (Phi) is 3.38. The monoisotopic (exact) mass is 277 g/mol. The second kappa shape index (κ2) is 4.98. The van der Waals surface area contributed by atoms with Gasteiger partial charge in [0.15, 0.2) is 0 Å². The molecule has 1 saturated heterocycles. The smallest absolute Gasteiger partial charge is 0.0590 e. The van der Waals surface area contributed by atoms with Crippen molar-refractivity contribution in [3.05, 3.63) is 0 Å². The first kappa shape index (κ1) is 13.6. The molecule has 4 aliphatic carbocycles. The molecule has 2 unspecified atom stereocenters. The van der Waals surface area contributed by atoms with Crippen LogP contribution >= 0.6 is 0 Å². The summed E-state index contributed by atoms with van der Waals surface area (Å²) in [6.07, 6.45) is 11.7. The van der Waals surface area contributed by atoms with Crippen LogP contribution in [-0.4, -0.2) is 35.7 Å². The summed E-state index contributed by atoms with van der Waals surface area (Å²) in [6.45, 7) is 5.75. The molecule has 1 heterocycles. The lowest BCUT2D eigenvalue weighted by Gasteiger charge is -2.57. The van der Waals surface area contributed by atoms with Crippen LogP contribution < -0.4 is 0 Å². The van der Waals surface area contributed by atoms with Gasteiger partial charge < -0.3 is 10.0 Å². The molecule has 4 bridgehead atoms. The predicted octanol–water partition coefficient (Wildman–Crippen LogP) is 3.30. The number of aliphatic hydroxyl groups is 1. The fourth-order valence-corrected chi connectivity index (χ4v) is 6.41. The van der Waals surface area contributed by atoms with E-state index in [-0.39, 0.29) is 6.10 Å². The van der Waals surface area contributed by atoms with Gasteiger partial charge in [-0.3, -0.25) is 0 Å². The molecule has 4 saturated carbocycles. The zero-order valence-electron chi connectivity index (χ0n) is 13.1. The third-order valence-electron chi connectivity index (χ3n) is 7.07. The van der Waals surface area contributed by atoms with Gasteiger partial charge in [0.1, 0.15) is 0 Å². The number of nitrogens with zero attached hydrogens (tertiary/aromatic N) is 1. The summed E-state index contributed by atoms with van der Waals surface area (Å²) in [4.78, 5) is 2.63. The van der Waals surface area contributed by atoms with E-state index >= 15 is 0 Å². The van der Waals surface area contributed by atoms with E-state index in [1.807, 2.05) is 0 Å². The van der Waals surface area contributed by atoms with Crippen LogP contribution in [0.3, 0.4) is 0 Å². The lowest BCUT2D eigenvalue weighted by Crippen LogP contribution is -2.48. The number of aliphatic hydroxyl groups excluding tert-OH is 1. The molecule has 20 heavy (non-hydrogen) atoms. The molecular formula is C18H31NO. The van der Waals surface area contributed by atoms with Crippen molar-refractivity contribution < 1.29 is 5.11 Å². The summed E-state index contributed by atoms with van der Waals surface area (Å²) >= 11 is 0. The molecule has 2 atom stereocenters. The Hall–Kier alpha value is -0.0800. The first-order valence-corrected chi connectivity index (χ1v) is 9.02. The first-order chi connectivity index (χ1) is 9.62. The maximum absolute atomic E-state index is 9.87. The molecule has 0 radical (unpaired) electrons. The Morgan fingerprint density at radius 1 is 1.05 bits per heavy atom. The highest BCUT2D eigenvalue weighted by atomic mass is 16.3. The third-order valence-corrected chi connectivity index (χ3v) is 7.07. The summed E-state index contributed by atoms with van der Waals surface area (Å²) in [5.41, 5.74) is 0.730. The SMILES string of the molecule is CC1CN(CCC23CC4CC(CC(C4)C2)C3)CCC1O. The zero-order valence-corrected chi connectivity index (χ0v) is 13.1. The minimum Gasteiger partial charge on any atom is -0.393 e. The van der Waals surface area contributed by atoms with Crippen molar-refractivity contribution in [2.45, 2.75) is 64.4 Å². The maximum Gasteiger partial charge on any atom is 0.0590 e. The largest absolute Gasteiger partial charge is 0.393 e. The molecule has 0 aromatic heterocycles. The van der Waals surface area contributed by atoms with Crippen molar-refractivity contribution in [1.82, 2.24) is 4.90 Å². The average Bonchev–Trinajstić information content (AvgIpc) is 2.39. The van der Waals surface area contributed by atoms with Gasteiger partial charge in [-0.05, 0) is 87.0 Å². The van der Waals surface area contributed by atoms with E-state index in [2.05, 4.69) is 11.8 Å². The van der Waals surface area contributed by atoms with Crippen molar-refractivity contribution >= 4 is 0 Å². The van der Waals surface area contributed by atoms with Crippen LogP contribution in [0.1, 0.15) is 58.3 Å². The molecule has 0 aromatic carbocycles. The number of likely N-dealkylation sites (tertiary alicyclic amines) is 1. The number of rotatable bonds is 3. The second-order valence-corrected chi connectivity index (χ2v) is 8.80. The van der Waals surface area contributed by atoms with Gasteiger partial charge in [-0.1, -0.05) is 6.92 Å². The number of hydrogen-bond acceptors (Lipinski definition) is 2. The molecule has 1 aliphatic heterocycles. The lowest BCUT2D eigenvalue weighted by molar-refractivity contribution is -0.0642. The van der Waals surface area contributed by atoms with Crippen molar-refractivity contribution in [3.8, 4) is 0 Å². The topological polar surface area (TPSA) is 23.5 Å². The Morgan fingerprint density at radius 3 is 2.20 bits per heavy atom. The summed E-state index contributed by atoms with van der Waals surface area (Å²) in [5, 5.41) is 9.87. The molecule has 1 N–H and O–H groups in total. The van der Waals surface area contributed by atoms with Crippen molar-refractivity contribution in [2.24, 2.45) is 29.1 Å². The van der Waals surface area contributed by atoms with Crippen LogP contribution in [0.15, 0.2) is 0 Å². The van der Waals surface area contributed by atoms with Gasteiger partial charge in [0.25, 0.3) is 0 Å². The van der Waals surface area contributed by atoms with Gasteiger partial charge in [-0.2, -0.15) is 0 Å². The van der Waals surface area contributed by atoms with Gasteiger partial charge in [0.05, 0.1) is 6.10 Å². The molecule has 2 heteroatoms. The highest BCUT2D eigenvalue weighted by molar-refractivity contribution is 5.01. The van der Waals surface area contributed by atoms with Crippen LogP contribution in [0.2, 0.25) is 0 Å². The van der Waals surface area contributed by atoms with E-state index in [0.29, 0.717) is 5.92 Å². The highest BCUT2D eigenvalue weighted by Gasteiger charge is 2.50. The van der Waals surface area contributed by atoms with Crippen LogP contribution in [0.25, 0.3) is 0 Å². The predicted molar refractivity (Wildman–Crippen MR) is 81.4 cm³/mol. The Labute approximate surface area is 123 Å². The maximum atomic E-state index is 9.87. The second-order valence-electron chi connectivity index (χ2n) is 8.80. The van der Waals surface area contributed by atoms with E-state index < -0.39 is 0 Å². The number of piperidine rings is 1. The fourth-order valence-electron chi connectivity index (χ4n) is 6.41. The first-order valence-electron chi connectivity index (χ1n) is 9.02. The van der Waals surface area contributed by atoms with Crippen LogP contribution in [-0.2, 0) is 0 Å². The fraction of sp³-hybridized carbons (Fsp3) is 1.00. The molecule has 0 aromatic rings. The van der Waals surface area contributed by atoms with Crippen LogP contribution in [0, 0.1) is 29.1 Å². The molecule has 5 aliphatic rings. The Morgan fingerprint density at radius 2 is 1.65 bits per heavy atom.